The third-order valence-electron chi connectivity index (χ3n) is 4.46. The van der Waals surface area contributed by atoms with Gasteiger partial charge in [-0.25, -0.2) is 9.59 Å². The summed E-state index contributed by atoms with van der Waals surface area (Å²) in [6.45, 7) is 3.97. The van der Waals surface area contributed by atoms with Crippen LogP contribution in [0.15, 0.2) is 59.6 Å². The van der Waals surface area contributed by atoms with E-state index in [0.29, 0.717) is 11.3 Å². The van der Waals surface area contributed by atoms with Gasteiger partial charge in [0.25, 0.3) is 0 Å². The number of esters is 1. The summed E-state index contributed by atoms with van der Waals surface area (Å²) in [5.41, 5.74) is 5.13. The summed E-state index contributed by atoms with van der Waals surface area (Å²) in [6.07, 6.45) is 1.72. The molecule has 0 saturated heterocycles. The Balaban J connectivity index is 1.91. The van der Waals surface area contributed by atoms with E-state index >= 15 is 0 Å². The summed E-state index contributed by atoms with van der Waals surface area (Å²) < 4.78 is 6.80. The monoisotopic (exact) mass is 376 g/mol. The number of carboxylic acids is 1. The molecule has 0 atom stereocenters. The predicted octanol–water partition coefficient (Wildman–Crippen LogP) is 4.33. The van der Waals surface area contributed by atoms with Gasteiger partial charge in [0, 0.05) is 28.9 Å². The van der Waals surface area contributed by atoms with E-state index in [4.69, 9.17) is 9.84 Å². The molecule has 28 heavy (non-hydrogen) atoms. The van der Waals surface area contributed by atoms with E-state index in [9.17, 15) is 9.59 Å². The highest BCUT2D eigenvalue weighted by atomic mass is 16.5. The van der Waals surface area contributed by atoms with Gasteiger partial charge in [0.2, 0.25) is 0 Å². The first-order chi connectivity index (χ1) is 13.4. The van der Waals surface area contributed by atoms with Crippen LogP contribution in [0.25, 0.3) is 5.69 Å². The first-order valence-electron chi connectivity index (χ1n) is 8.66. The standard InChI is InChI=1S/C22H20N2O4/c1-14-11-18(13-23-19-6-4-5-17(12-19)21(25)26)15(2)24(14)20-9-7-16(8-10-20)22(27)28-3/h4-13H,1-3H3,(H,25,26). The molecule has 2 aromatic carbocycles. The number of hydrogen-bond donors (Lipinski definition) is 1. The second kappa shape index (κ2) is 7.92. The van der Waals surface area contributed by atoms with Crippen molar-refractivity contribution in [1.29, 1.82) is 0 Å². The quantitative estimate of drug-likeness (QED) is 0.531. The Morgan fingerprint density at radius 3 is 2.39 bits per heavy atom. The highest BCUT2D eigenvalue weighted by Crippen LogP contribution is 2.22. The van der Waals surface area contributed by atoms with Gasteiger partial charge in [-0.2, -0.15) is 0 Å². The topological polar surface area (TPSA) is 80.9 Å². The first-order valence-corrected chi connectivity index (χ1v) is 8.66. The maximum atomic E-state index is 11.6. The number of nitrogens with zero attached hydrogens (tertiary/aromatic N) is 2. The molecule has 0 saturated carbocycles. The zero-order valence-electron chi connectivity index (χ0n) is 15.8. The number of carbonyl (C=O) groups excluding carboxylic acids is 1. The number of ether oxygens (including phenoxy) is 1. The van der Waals surface area contributed by atoms with Crippen LogP contribution < -0.4 is 0 Å². The Labute approximate surface area is 162 Å². The minimum absolute atomic E-state index is 0.200. The fraction of sp³-hybridized carbons (Fsp3) is 0.136. The number of rotatable bonds is 5. The van der Waals surface area contributed by atoms with Crippen LogP contribution in [0.3, 0.4) is 0 Å². The zero-order chi connectivity index (χ0) is 20.3. The molecular formula is C22H20N2O4. The van der Waals surface area contributed by atoms with E-state index in [-0.39, 0.29) is 11.5 Å². The zero-order valence-corrected chi connectivity index (χ0v) is 15.8. The largest absolute Gasteiger partial charge is 0.478 e. The summed E-state index contributed by atoms with van der Waals surface area (Å²) >= 11 is 0. The van der Waals surface area contributed by atoms with Gasteiger partial charge < -0.3 is 14.4 Å². The second-order valence-corrected chi connectivity index (χ2v) is 6.31. The molecule has 0 spiro atoms. The number of carboxylic acid groups (broad SMARTS) is 1. The van der Waals surface area contributed by atoms with Crippen LogP contribution in [0.4, 0.5) is 5.69 Å². The van der Waals surface area contributed by atoms with E-state index in [2.05, 4.69) is 9.56 Å². The highest BCUT2D eigenvalue weighted by Gasteiger charge is 2.11. The molecule has 3 aromatic rings. The summed E-state index contributed by atoms with van der Waals surface area (Å²) in [6, 6.07) is 15.7. The van der Waals surface area contributed by atoms with E-state index in [1.54, 1.807) is 30.5 Å². The lowest BCUT2D eigenvalue weighted by molar-refractivity contribution is 0.0600. The van der Waals surface area contributed by atoms with Crippen molar-refractivity contribution in [3.63, 3.8) is 0 Å². The number of aromatic carboxylic acids is 1. The molecule has 1 aromatic heterocycles. The normalized spacial score (nSPS) is 11.0. The van der Waals surface area contributed by atoms with Gasteiger partial charge in [-0.3, -0.25) is 4.99 Å². The number of methoxy groups -OCH3 is 1. The molecule has 0 radical (unpaired) electrons. The molecule has 0 bridgehead atoms. The Kier molecular flexibility index (Phi) is 5.40. The minimum atomic E-state index is -0.981. The Hall–Kier alpha value is -3.67. The number of aryl methyl sites for hydroxylation is 1. The first kappa shape index (κ1) is 19.1. The van der Waals surface area contributed by atoms with Crippen LogP contribution in [-0.2, 0) is 4.74 Å². The van der Waals surface area contributed by atoms with Crippen molar-refractivity contribution in [1.82, 2.24) is 4.57 Å². The summed E-state index contributed by atoms with van der Waals surface area (Å²) in [5.74, 6) is -1.35. The molecule has 1 N–H and O–H groups in total. The van der Waals surface area contributed by atoms with Gasteiger partial charge in [0.05, 0.1) is 23.9 Å². The molecule has 3 rings (SSSR count). The molecule has 6 nitrogen and oxygen atoms in total. The maximum absolute atomic E-state index is 11.6. The van der Waals surface area contributed by atoms with Gasteiger partial charge in [-0.05, 0) is 62.4 Å². The van der Waals surface area contributed by atoms with Crippen molar-refractivity contribution < 1.29 is 19.4 Å². The lowest BCUT2D eigenvalue weighted by atomic mass is 10.2. The fourth-order valence-corrected chi connectivity index (χ4v) is 3.04. The second-order valence-electron chi connectivity index (χ2n) is 6.31. The molecule has 1 heterocycles. The summed E-state index contributed by atoms with van der Waals surface area (Å²) in [5, 5.41) is 9.09. The van der Waals surface area contributed by atoms with Crippen LogP contribution in [0.5, 0.6) is 0 Å². The Morgan fingerprint density at radius 2 is 1.75 bits per heavy atom. The Morgan fingerprint density at radius 1 is 1.04 bits per heavy atom. The molecule has 142 valence electrons. The molecule has 0 aliphatic rings. The minimum Gasteiger partial charge on any atom is -0.478 e. The van der Waals surface area contributed by atoms with Crippen LogP contribution in [-0.4, -0.2) is 34.9 Å². The SMILES string of the molecule is COC(=O)c1ccc(-n2c(C)cc(C=Nc3cccc(C(=O)O)c3)c2C)cc1. The van der Waals surface area contributed by atoms with Crippen LogP contribution in [0.1, 0.15) is 37.7 Å². The van der Waals surface area contributed by atoms with Gasteiger partial charge in [0.15, 0.2) is 0 Å². The third-order valence-corrected chi connectivity index (χ3v) is 4.46. The molecule has 0 fully saturated rings. The van der Waals surface area contributed by atoms with Gasteiger partial charge in [-0.15, -0.1) is 0 Å². The van der Waals surface area contributed by atoms with E-state index in [1.807, 2.05) is 32.0 Å². The number of carbonyl (C=O) groups is 2. The fourth-order valence-electron chi connectivity index (χ4n) is 3.04. The van der Waals surface area contributed by atoms with Crippen molar-refractivity contribution in [2.24, 2.45) is 4.99 Å². The smallest absolute Gasteiger partial charge is 0.337 e. The summed E-state index contributed by atoms with van der Waals surface area (Å²) in [7, 11) is 1.36. The van der Waals surface area contributed by atoms with Gasteiger partial charge >= 0.3 is 11.9 Å². The molecule has 0 amide bonds. The summed E-state index contributed by atoms with van der Waals surface area (Å²) in [4.78, 5) is 27.1. The maximum Gasteiger partial charge on any atom is 0.337 e. The number of hydrogen-bond acceptors (Lipinski definition) is 4. The van der Waals surface area contributed by atoms with E-state index < -0.39 is 5.97 Å². The van der Waals surface area contributed by atoms with Gasteiger partial charge in [-0.1, -0.05) is 6.07 Å². The highest BCUT2D eigenvalue weighted by molar-refractivity contribution is 5.90. The molecule has 0 aliphatic heterocycles. The molecule has 0 unspecified atom stereocenters. The predicted molar refractivity (Wildman–Crippen MR) is 107 cm³/mol. The van der Waals surface area contributed by atoms with E-state index in [0.717, 1.165) is 22.6 Å². The Bertz CT molecular complexity index is 1060. The molecular weight excluding hydrogens is 356 g/mol. The molecule has 6 heteroatoms. The van der Waals surface area contributed by atoms with Crippen LogP contribution in [0, 0.1) is 13.8 Å². The average molecular weight is 376 g/mol. The average Bonchev–Trinajstić information content (AvgIpc) is 2.99. The third kappa shape index (κ3) is 3.86. The number of aromatic nitrogens is 1. The van der Waals surface area contributed by atoms with Crippen LogP contribution in [0.2, 0.25) is 0 Å². The number of aliphatic imine (C=N–C) groups is 1. The lowest BCUT2D eigenvalue weighted by Gasteiger charge is -2.10. The van der Waals surface area contributed by atoms with Crippen molar-refractivity contribution in [3.05, 3.63) is 82.7 Å². The molecule has 0 aliphatic carbocycles. The van der Waals surface area contributed by atoms with Crippen molar-refractivity contribution in [2.75, 3.05) is 7.11 Å². The van der Waals surface area contributed by atoms with Crippen molar-refractivity contribution in [3.8, 4) is 5.69 Å². The van der Waals surface area contributed by atoms with Crippen molar-refractivity contribution >= 4 is 23.8 Å². The van der Waals surface area contributed by atoms with Crippen molar-refractivity contribution in [2.45, 2.75) is 13.8 Å². The van der Waals surface area contributed by atoms with E-state index in [1.165, 1.54) is 19.2 Å². The lowest BCUT2D eigenvalue weighted by Crippen LogP contribution is -2.03. The van der Waals surface area contributed by atoms with Crippen LogP contribution >= 0.6 is 0 Å². The van der Waals surface area contributed by atoms with Gasteiger partial charge in [0.1, 0.15) is 0 Å². The number of benzene rings is 2.